The van der Waals surface area contributed by atoms with E-state index in [0.29, 0.717) is 28.4 Å². The lowest BCUT2D eigenvalue weighted by molar-refractivity contribution is 0.0854. The molecule has 2 aromatic carbocycles. The lowest BCUT2D eigenvalue weighted by Gasteiger charge is -2.11. The number of amides is 1. The van der Waals surface area contributed by atoms with Crippen molar-refractivity contribution in [1.29, 1.82) is 0 Å². The molecule has 1 saturated heterocycles. The molecule has 29 heavy (non-hydrogen) atoms. The standard InChI is InChI=1S/C22H21ClN2O3S/c1-29-18-7-5-16(6-8-18)25-22-19(21(26)24-13-17-3-2-10-27-17)12-14-11-15(23)4-9-20(14)28-22/h4-9,11-12,17H,2-3,10,13H2,1H3,(H,24,26)/t17-/m1/s1. The zero-order valence-corrected chi connectivity index (χ0v) is 17.6. The van der Waals surface area contributed by atoms with Crippen molar-refractivity contribution in [1.82, 2.24) is 5.32 Å². The summed E-state index contributed by atoms with van der Waals surface area (Å²) in [6.45, 7) is 1.21. The molecule has 0 spiro atoms. The van der Waals surface area contributed by atoms with Crippen LogP contribution in [0.4, 0.5) is 5.69 Å². The number of benzene rings is 2. The maximum absolute atomic E-state index is 12.9. The van der Waals surface area contributed by atoms with Gasteiger partial charge in [0.2, 0.25) is 5.55 Å². The smallest absolute Gasteiger partial charge is 0.256 e. The van der Waals surface area contributed by atoms with Gasteiger partial charge in [-0.15, -0.1) is 11.8 Å². The van der Waals surface area contributed by atoms with Crippen molar-refractivity contribution >= 4 is 45.9 Å². The summed E-state index contributed by atoms with van der Waals surface area (Å²) >= 11 is 7.77. The van der Waals surface area contributed by atoms with Crippen LogP contribution in [0.15, 0.2) is 62.8 Å². The minimum Gasteiger partial charge on any atom is -0.438 e. The average molecular weight is 429 g/mol. The Kier molecular flexibility index (Phi) is 6.23. The van der Waals surface area contributed by atoms with E-state index in [1.54, 1.807) is 36.0 Å². The fraction of sp³-hybridized carbons (Fsp3) is 0.273. The van der Waals surface area contributed by atoms with Crippen molar-refractivity contribution in [2.45, 2.75) is 23.8 Å². The van der Waals surface area contributed by atoms with Gasteiger partial charge in [-0.2, -0.15) is 0 Å². The molecule has 0 radical (unpaired) electrons. The van der Waals surface area contributed by atoms with Crippen molar-refractivity contribution in [2.24, 2.45) is 4.99 Å². The van der Waals surface area contributed by atoms with Crippen LogP contribution in [0.2, 0.25) is 5.02 Å². The number of fused-ring (bicyclic) bond motifs is 1. The van der Waals surface area contributed by atoms with Gasteiger partial charge >= 0.3 is 0 Å². The molecule has 7 heteroatoms. The van der Waals surface area contributed by atoms with E-state index in [1.807, 2.05) is 30.5 Å². The zero-order chi connectivity index (χ0) is 20.2. The van der Waals surface area contributed by atoms with E-state index in [-0.39, 0.29) is 17.6 Å². The maximum Gasteiger partial charge on any atom is 0.256 e. The minimum absolute atomic E-state index is 0.0604. The van der Waals surface area contributed by atoms with Crippen LogP contribution in [-0.4, -0.2) is 31.4 Å². The van der Waals surface area contributed by atoms with E-state index in [2.05, 4.69) is 10.3 Å². The van der Waals surface area contributed by atoms with Gasteiger partial charge in [0.1, 0.15) is 11.1 Å². The molecule has 150 valence electrons. The van der Waals surface area contributed by atoms with E-state index < -0.39 is 0 Å². The van der Waals surface area contributed by atoms with E-state index in [0.717, 1.165) is 29.7 Å². The molecule has 0 saturated carbocycles. The molecule has 0 unspecified atom stereocenters. The Morgan fingerprint density at radius 3 is 2.79 bits per heavy atom. The quantitative estimate of drug-likeness (QED) is 0.584. The number of hydrogen-bond acceptors (Lipinski definition) is 5. The summed E-state index contributed by atoms with van der Waals surface area (Å²) in [5.41, 5.74) is 1.96. The largest absolute Gasteiger partial charge is 0.438 e. The molecule has 1 fully saturated rings. The second-order valence-electron chi connectivity index (χ2n) is 6.80. The first-order valence-electron chi connectivity index (χ1n) is 9.44. The number of hydrogen-bond donors (Lipinski definition) is 1. The minimum atomic E-state index is -0.245. The van der Waals surface area contributed by atoms with Crippen LogP contribution in [0, 0.1) is 0 Å². The van der Waals surface area contributed by atoms with Gasteiger partial charge in [0.15, 0.2) is 0 Å². The maximum atomic E-state index is 12.9. The highest BCUT2D eigenvalue weighted by atomic mass is 35.5. The number of ether oxygens (including phenoxy) is 1. The van der Waals surface area contributed by atoms with Crippen molar-refractivity contribution in [2.75, 3.05) is 19.4 Å². The Morgan fingerprint density at radius 2 is 2.07 bits per heavy atom. The topological polar surface area (TPSA) is 63.8 Å². The first kappa shape index (κ1) is 20.0. The van der Waals surface area contributed by atoms with Crippen LogP contribution >= 0.6 is 23.4 Å². The van der Waals surface area contributed by atoms with Gasteiger partial charge in [-0.25, -0.2) is 4.99 Å². The summed E-state index contributed by atoms with van der Waals surface area (Å²) in [6, 6.07) is 14.9. The Hall–Kier alpha value is -2.28. The van der Waals surface area contributed by atoms with Crippen molar-refractivity contribution in [3.8, 4) is 0 Å². The van der Waals surface area contributed by atoms with E-state index in [4.69, 9.17) is 20.8 Å². The molecule has 1 atom stereocenters. The summed E-state index contributed by atoms with van der Waals surface area (Å²) < 4.78 is 11.6. The molecule has 1 aliphatic heterocycles. The number of rotatable bonds is 5. The SMILES string of the molecule is CSc1ccc(N=c2oc3ccc(Cl)cc3cc2C(=O)NC[C@H]2CCCO2)cc1. The van der Waals surface area contributed by atoms with E-state index in [1.165, 1.54) is 0 Å². The number of carbonyl (C=O) groups is 1. The summed E-state index contributed by atoms with van der Waals surface area (Å²) in [7, 11) is 0. The highest BCUT2D eigenvalue weighted by molar-refractivity contribution is 7.98. The van der Waals surface area contributed by atoms with Crippen LogP contribution in [0.3, 0.4) is 0 Å². The van der Waals surface area contributed by atoms with Gasteiger partial charge in [0.25, 0.3) is 5.91 Å². The predicted octanol–water partition coefficient (Wildman–Crippen LogP) is 4.95. The van der Waals surface area contributed by atoms with Gasteiger partial charge in [-0.3, -0.25) is 4.79 Å². The summed E-state index contributed by atoms with van der Waals surface area (Å²) in [6.07, 6.45) is 4.06. The fourth-order valence-corrected chi connectivity index (χ4v) is 3.82. The van der Waals surface area contributed by atoms with Gasteiger partial charge in [-0.05, 0) is 67.6 Å². The molecular formula is C22H21ClN2O3S. The van der Waals surface area contributed by atoms with Gasteiger partial charge in [0.05, 0.1) is 11.8 Å². The third-order valence-electron chi connectivity index (χ3n) is 4.77. The van der Waals surface area contributed by atoms with E-state index >= 15 is 0 Å². The first-order chi connectivity index (χ1) is 14.1. The number of thioether (sulfide) groups is 1. The Morgan fingerprint density at radius 1 is 1.24 bits per heavy atom. The van der Waals surface area contributed by atoms with Gasteiger partial charge < -0.3 is 14.5 Å². The lowest BCUT2D eigenvalue weighted by atomic mass is 10.1. The summed E-state index contributed by atoms with van der Waals surface area (Å²) in [5, 5.41) is 4.27. The normalized spacial score (nSPS) is 17.0. The first-order valence-corrected chi connectivity index (χ1v) is 11.0. The Bertz CT molecular complexity index is 1090. The van der Waals surface area contributed by atoms with Crippen LogP contribution in [0.1, 0.15) is 23.2 Å². The summed E-state index contributed by atoms with van der Waals surface area (Å²) in [5.74, 6) is -0.245. The molecule has 3 aromatic rings. The third kappa shape index (κ3) is 4.83. The second kappa shape index (κ2) is 9.03. The highest BCUT2D eigenvalue weighted by Gasteiger charge is 2.18. The van der Waals surface area contributed by atoms with E-state index in [9.17, 15) is 4.79 Å². The van der Waals surface area contributed by atoms with Crippen LogP contribution in [0.5, 0.6) is 0 Å². The van der Waals surface area contributed by atoms with Crippen molar-refractivity contribution in [3.05, 3.63) is 64.7 Å². The zero-order valence-electron chi connectivity index (χ0n) is 16.0. The molecule has 1 aromatic heterocycles. The molecule has 5 nitrogen and oxygen atoms in total. The third-order valence-corrected chi connectivity index (χ3v) is 5.75. The molecular weight excluding hydrogens is 408 g/mol. The molecule has 0 aliphatic carbocycles. The molecule has 0 bridgehead atoms. The molecule has 4 rings (SSSR count). The molecule has 1 amide bonds. The second-order valence-corrected chi connectivity index (χ2v) is 8.12. The highest BCUT2D eigenvalue weighted by Crippen LogP contribution is 2.21. The molecule has 2 heterocycles. The van der Waals surface area contributed by atoms with Crippen molar-refractivity contribution < 1.29 is 13.9 Å². The number of nitrogens with one attached hydrogen (secondary N) is 1. The van der Waals surface area contributed by atoms with Crippen LogP contribution in [0.25, 0.3) is 11.0 Å². The predicted molar refractivity (Wildman–Crippen MR) is 116 cm³/mol. The van der Waals surface area contributed by atoms with Gasteiger partial charge in [0, 0.05) is 28.5 Å². The Labute approximate surface area is 178 Å². The van der Waals surface area contributed by atoms with Crippen LogP contribution < -0.4 is 10.9 Å². The average Bonchev–Trinajstić information content (AvgIpc) is 3.26. The monoisotopic (exact) mass is 428 g/mol. The van der Waals surface area contributed by atoms with Crippen LogP contribution in [-0.2, 0) is 4.74 Å². The Balaban J connectivity index is 1.73. The van der Waals surface area contributed by atoms with Gasteiger partial charge in [-0.1, -0.05) is 11.6 Å². The van der Waals surface area contributed by atoms with Crippen molar-refractivity contribution in [3.63, 3.8) is 0 Å². The number of halogens is 1. The lowest BCUT2D eigenvalue weighted by Crippen LogP contribution is -2.34. The molecule has 1 aliphatic rings. The fourth-order valence-electron chi connectivity index (χ4n) is 3.23. The number of carbonyl (C=O) groups excluding carboxylic acids is 1. The molecule has 1 N–H and O–H groups in total. The summed E-state index contributed by atoms with van der Waals surface area (Å²) in [4.78, 5) is 18.6. The number of nitrogens with zero attached hydrogens (tertiary/aromatic N) is 1.